The van der Waals surface area contributed by atoms with Gasteiger partial charge in [0.2, 0.25) is 0 Å². The van der Waals surface area contributed by atoms with E-state index in [0.29, 0.717) is 5.76 Å². The molecule has 1 atom stereocenters. The lowest BCUT2D eigenvalue weighted by atomic mass is 10.2. The molecule has 0 unspecified atom stereocenters. The van der Waals surface area contributed by atoms with Gasteiger partial charge in [-0.1, -0.05) is 0 Å². The van der Waals surface area contributed by atoms with E-state index < -0.39 is 11.7 Å². The Bertz CT molecular complexity index is 351. The molecule has 1 aromatic rings. The molecule has 72 valence electrons. The summed E-state index contributed by atoms with van der Waals surface area (Å²) in [6.45, 7) is 3.06. The first-order chi connectivity index (χ1) is 6.00. The van der Waals surface area contributed by atoms with Crippen molar-refractivity contribution < 1.29 is 14.6 Å². The number of rotatable bonds is 2. The van der Waals surface area contributed by atoms with Crippen LogP contribution in [0.25, 0.3) is 0 Å². The quantitative estimate of drug-likeness (QED) is 0.705. The first-order valence-corrected chi connectivity index (χ1v) is 4.01. The third kappa shape index (κ3) is 2.32. The molecule has 1 aromatic heterocycles. The molecule has 1 rings (SSSR count). The number of aromatic hydroxyl groups is 1. The molecule has 0 aliphatic carbocycles. The van der Waals surface area contributed by atoms with Crippen molar-refractivity contribution in [1.29, 1.82) is 0 Å². The van der Waals surface area contributed by atoms with Crippen LogP contribution in [0, 0.1) is 6.92 Å². The van der Waals surface area contributed by atoms with Crippen molar-refractivity contribution in [2.75, 3.05) is 0 Å². The summed E-state index contributed by atoms with van der Waals surface area (Å²) in [6.07, 6.45) is -0.367. The van der Waals surface area contributed by atoms with E-state index >= 15 is 0 Å². The second-order valence-corrected chi connectivity index (χ2v) is 3.06. The molecule has 13 heavy (non-hydrogen) atoms. The van der Waals surface area contributed by atoms with Crippen LogP contribution in [0.2, 0.25) is 0 Å². The highest BCUT2D eigenvalue weighted by Crippen LogP contribution is 2.14. The highest BCUT2D eigenvalue weighted by molar-refractivity contribution is 5.28. The van der Waals surface area contributed by atoms with Crippen LogP contribution in [0.4, 0.5) is 0 Å². The summed E-state index contributed by atoms with van der Waals surface area (Å²) in [4.78, 5) is 11.0. The molecule has 0 spiro atoms. The lowest BCUT2D eigenvalue weighted by Crippen LogP contribution is -2.09. The Morgan fingerprint density at radius 2 is 2.23 bits per heavy atom. The van der Waals surface area contributed by atoms with Gasteiger partial charge in [-0.25, -0.2) is 4.79 Å². The zero-order valence-electron chi connectivity index (χ0n) is 7.57. The fourth-order valence-corrected chi connectivity index (χ4v) is 0.982. The Hall–Kier alpha value is -1.29. The molecular weight excluding hydrogens is 172 g/mol. The third-order valence-electron chi connectivity index (χ3n) is 1.71. The van der Waals surface area contributed by atoms with Crippen LogP contribution in [0.1, 0.15) is 18.2 Å². The zero-order chi connectivity index (χ0) is 10.0. The van der Waals surface area contributed by atoms with Gasteiger partial charge in [0.05, 0.1) is 11.7 Å². The van der Waals surface area contributed by atoms with Crippen LogP contribution >= 0.6 is 0 Å². The van der Waals surface area contributed by atoms with E-state index in [-0.39, 0.29) is 17.7 Å². The molecule has 0 aromatic carbocycles. The fourth-order valence-electron chi connectivity index (χ4n) is 0.982. The summed E-state index contributed by atoms with van der Waals surface area (Å²) in [7, 11) is 0. The Kier molecular flexibility index (Phi) is 2.72. The van der Waals surface area contributed by atoms with Crippen LogP contribution < -0.4 is 5.63 Å². The second kappa shape index (κ2) is 3.62. The Morgan fingerprint density at radius 3 is 2.69 bits per heavy atom. The van der Waals surface area contributed by atoms with Crippen LogP contribution in [0.3, 0.4) is 0 Å². The minimum Gasteiger partial charge on any atom is -0.507 e. The number of aliphatic hydroxyl groups is 1. The molecule has 4 nitrogen and oxygen atoms in total. The van der Waals surface area contributed by atoms with Gasteiger partial charge in [-0.2, -0.15) is 0 Å². The van der Waals surface area contributed by atoms with Crippen molar-refractivity contribution in [3.05, 3.63) is 27.8 Å². The topological polar surface area (TPSA) is 70.7 Å². The Morgan fingerprint density at radius 1 is 1.62 bits per heavy atom. The van der Waals surface area contributed by atoms with Gasteiger partial charge in [-0.3, -0.25) is 0 Å². The number of hydrogen-bond acceptors (Lipinski definition) is 4. The summed E-state index contributed by atoms with van der Waals surface area (Å²) < 4.78 is 4.82. The highest BCUT2D eigenvalue weighted by atomic mass is 16.4. The molecule has 0 bridgehead atoms. The van der Waals surface area contributed by atoms with Gasteiger partial charge in [0.1, 0.15) is 11.5 Å². The average molecular weight is 184 g/mol. The summed E-state index contributed by atoms with van der Waals surface area (Å²) >= 11 is 0. The standard InChI is InChI=1S/C9H12O4/c1-5(10)3-7-4-8(11)6(2)9(12)13-7/h4-5,10-11H,3H2,1-2H3/t5-/m0/s1. The molecule has 0 saturated heterocycles. The summed E-state index contributed by atoms with van der Waals surface area (Å²) in [5, 5.41) is 18.3. The van der Waals surface area contributed by atoms with Crippen molar-refractivity contribution in [3.63, 3.8) is 0 Å². The first-order valence-electron chi connectivity index (χ1n) is 4.01. The molecule has 0 saturated carbocycles. The SMILES string of the molecule is Cc1c(O)cc(C[C@H](C)O)oc1=O. The van der Waals surface area contributed by atoms with Gasteiger partial charge in [0.25, 0.3) is 0 Å². The normalized spacial score (nSPS) is 12.8. The zero-order valence-corrected chi connectivity index (χ0v) is 7.57. The number of hydrogen-bond donors (Lipinski definition) is 2. The summed E-state index contributed by atoms with van der Waals surface area (Å²) in [5.74, 6) is 0.204. The molecule has 0 amide bonds. The van der Waals surface area contributed by atoms with E-state index in [1.54, 1.807) is 6.92 Å². The van der Waals surface area contributed by atoms with Crippen molar-refractivity contribution in [3.8, 4) is 5.75 Å². The molecule has 2 N–H and O–H groups in total. The van der Waals surface area contributed by atoms with Crippen molar-refractivity contribution >= 4 is 0 Å². The molecule has 0 radical (unpaired) electrons. The smallest absolute Gasteiger partial charge is 0.342 e. The maximum absolute atomic E-state index is 11.0. The molecule has 0 fully saturated rings. The van der Waals surface area contributed by atoms with Gasteiger partial charge in [-0.05, 0) is 13.8 Å². The van der Waals surface area contributed by atoms with Gasteiger partial charge in [-0.15, -0.1) is 0 Å². The fraction of sp³-hybridized carbons (Fsp3) is 0.444. The monoisotopic (exact) mass is 184 g/mol. The van der Waals surface area contributed by atoms with E-state index in [0.717, 1.165) is 0 Å². The minimum atomic E-state index is -0.592. The molecule has 4 heteroatoms. The summed E-state index contributed by atoms with van der Waals surface area (Å²) in [5.41, 5.74) is -0.370. The Labute approximate surface area is 75.4 Å². The van der Waals surface area contributed by atoms with Gasteiger partial charge >= 0.3 is 5.63 Å². The van der Waals surface area contributed by atoms with E-state index in [2.05, 4.69) is 0 Å². The van der Waals surface area contributed by atoms with Crippen LogP contribution in [0.15, 0.2) is 15.3 Å². The molecular formula is C9H12O4. The molecule has 0 aliphatic rings. The van der Waals surface area contributed by atoms with Gasteiger partial charge in [0, 0.05) is 12.5 Å². The van der Waals surface area contributed by atoms with Gasteiger partial charge < -0.3 is 14.6 Å². The van der Waals surface area contributed by atoms with Crippen LogP contribution in [0.5, 0.6) is 5.75 Å². The average Bonchev–Trinajstić information content (AvgIpc) is 1.98. The van der Waals surface area contributed by atoms with Crippen molar-refractivity contribution in [2.45, 2.75) is 26.4 Å². The van der Waals surface area contributed by atoms with Gasteiger partial charge in [0.15, 0.2) is 0 Å². The van der Waals surface area contributed by atoms with Crippen molar-refractivity contribution in [2.24, 2.45) is 0 Å². The summed E-state index contributed by atoms with van der Waals surface area (Å²) in [6, 6.07) is 1.35. The largest absolute Gasteiger partial charge is 0.507 e. The van der Waals surface area contributed by atoms with E-state index in [1.165, 1.54) is 13.0 Å². The lowest BCUT2D eigenvalue weighted by molar-refractivity contribution is 0.185. The predicted octanol–water partition coefficient (Wildman–Crippen LogP) is 0.577. The lowest BCUT2D eigenvalue weighted by Gasteiger charge is -2.04. The molecule has 1 heterocycles. The number of aliphatic hydroxyl groups excluding tert-OH is 1. The maximum atomic E-state index is 11.0. The molecule has 0 aliphatic heterocycles. The van der Waals surface area contributed by atoms with Crippen LogP contribution in [-0.4, -0.2) is 16.3 Å². The Balaban J connectivity index is 3.06. The minimum absolute atomic E-state index is 0.0908. The van der Waals surface area contributed by atoms with Crippen molar-refractivity contribution in [1.82, 2.24) is 0 Å². The van der Waals surface area contributed by atoms with E-state index in [4.69, 9.17) is 9.52 Å². The highest BCUT2D eigenvalue weighted by Gasteiger charge is 2.08. The maximum Gasteiger partial charge on any atom is 0.342 e. The third-order valence-corrected chi connectivity index (χ3v) is 1.71. The second-order valence-electron chi connectivity index (χ2n) is 3.06. The first kappa shape index (κ1) is 9.80. The van der Waals surface area contributed by atoms with E-state index in [1.807, 2.05) is 0 Å². The predicted molar refractivity (Wildman–Crippen MR) is 46.8 cm³/mol. The van der Waals surface area contributed by atoms with Crippen LogP contribution in [-0.2, 0) is 6.42 Å². The van der Waals surface area contributed by atoms with E-state index in [9.17, 15) is 9.90 Å².